The van der Waals surface area contributed by atoms with E-state index in [0.29, 0.717) is 12.5 Å². The molecule has 0 aromatic carbocycles. The Balaban J connectivity index is 2.88. The van der Waals surface area contributed by atoms with E-state index >= 15 is 0 Å². The SMILES string of the molecule is C=CCC1CCC(C(=O)OCC)C(C)=C1CC. The van der Waals surface area contributed by atoms with Gasteiger partial charge in [0, 0.05) is 0 Å². The number of ether oxygens (including phenoxy) is 1. The minimum absolute atomic E-state index is 0.00837. The molecule has 0 heterocycles. The number of esters is 1. The Hall–Kier alpha value is -1.05. The van der Waals surface area contributed by atoms with Gasteiger partial charge in [-0.1, -0.05) is 24.1 Å². The summed E-state index contributed by atoms with van der Waals surface area (Å²) in [7, 11) is 0. The van der Waals surface area contributed by atoms with Gasteiger partial charge in [0.05, 0.1) is 12.5 Å². The molecule has 2 heteroatoms. The molecule has 17 heavy (non-hydrogen) atoms. The predicted molar refractivity (Wildman–Crippen MR) is 70.7 cm³/mol. The van der Waals surface area contributed by atoms with Gasteiger partial charge in [0.2, 0.25) is 0 Å². The summed E-state index contributed by atoms with van der Waals surface area (Å²) in [6, 6.07) is 0. The van der Waals surface area contributed by atoms with E-state index in [1.54, 1.807) is 0 Å². The fourth-order valence-corrected chi connectivity index (χ4v) is 2.87. The fourth-order valence-electron chi connectivity index (χ4n) is 2.87. The average Bonchev–Trinajstić information content (AvgIpc) is 2.30. The summed E-state index contributed by atoms with van der Waals surface area (Å²) >= 11 is 0. The molecule has 0 saturated carbocycles. The number of hydrogen-bond acceptors (Lipinski definition) is 2. The van der Waals surface area contributed by atoms with E-state index < -0.39 is 0 Å². The lowest BCUT2D eigenvalue weighted by molar-refractivity contribution is -0.147. The summed E-state index contributed by atoms with van der Waals surface area (Å²) in [5, 5.41) is 0. The molecule has 1 aliphatic carbocycles. The lowest BCUT2D eigenvalue weighted by Gasteiger charge is -2.31. The second-order valence-corrected chi connectivity index (χ2v) is 4.67. The Morgan fingerprint density at radius 1 is 1.47 bits per heavy atom. The van der Waals surface area contributed by atoms with Crippen LogP contribution in [0, 0.1) is 11.8 Å². The predicted octanol–water partition coefficient (Wildman–Crippen LogP) is 3.88. The maximum atomic E-state index is 11.9. The van der Waals surface area contributed by atoms with Gasteiger partial charge in [-0.25, -0.2) is 0 Å². The van der Waals surface area contributed by atoms with Crippen molar-refractivity contribution in [2.24, 2.45) is 11.8 Å². The number of carbonyl (C=O) groups is 1. The van der Waals surface area contributed by atoms with Crippen molar-refractivity contribution < 1.29 is 9.53 Å². The van der Waals surface area contributed by atoms with Gasteiger partial charge in [-0.15, -0.1) is 6.58 Å². The molecular formula is C15H24O2. The molecule has 96 valence electrons. The van der Waals surface area contributed by atoms with Gasteiger partial charge in [-0.05, 0) is 45.4 Å². The Kier molecular flexibility index (Phi) is 5.46. The smallest absolute Gasteiger partial charge is 0.313 e. The molecule has 2 nitrogen and oxygen atoms in total. The first-order chi connectivity index (χ1) is 8.15. The van der Waals surface area contributed by atoms with Gasteiger partial charge >= 0.3 is 5.97 Å². The van der Waals surface area contributed by atoms with Crippen molar-refractivity contribution in [3.8, 4) is 0 Å². The summed E-state index contributed by atoms with van der Waals surface area (Å²) in [6.07, 6.45) is 6.04. The standard InChI is InChI=1S/C15H24O2/c1-5-8-12-9-10-14(15(16)17-7-3)11(4)13(12)6-2/h5,12,14H,1,6-10H2,2-4H3. The maximum absolute atomic E-state index is 11.9. The van der Waals surface area contributed by atoms with E-state index in [2.05, 4.69) is 20.4 Å². The van der Waals surface area contributed by atoms with Gasteiger partial charge in [0.15, 0.2) is 0 Å². The van der Waals surface area contributed by atoms with Crippen molar-refractivity contribution in [3.05, 3.63) is 23.8 Å². The summed E-state index contributed by atoms with van der Waals surface area (Å²) in [5.74, 6) is 0.530. The van der Waals surface area contributed by atoms with Crippen molar-refractivity contribution in [1.29, 1.82) is 0 Å². The zero-order chi connectivity index (χ0) is 12.8. The van der Waals surface area contributed by atoms with Crippen molar-refractivity contribution >= 4 is 5.97 Å². The van der Waals surface area contributed by atoms with Crippen LogP contribution in [-0.2, 0) is 9.53 Å². The molecule has 0 fully saturated rings. The highest BCUT2D eigenvalue weighted by Crippen LogP contribution is 2.38. The van der Waals surface area contributed by atoms with Crippen molar-refractivity contribution in [1.82, 2.24) is 0 Å². The molecule has 0 aromatic rings. The van der Waals surface area contributed by atoms with Crippen molar-refractivity contribution in [3.63, 3.8) is 0 Å². The van der Waals surface area contributed by atoms with Crippen LogP contribution in [0.15, 0.2) is 23.8 Å². The van der Waals surface area contributed by atoms with E-state index in [9.17, 15) is 4.79 Å². The first-order valence-corrected chi connectivity index (χ1v) is 6.62. The van der Waals surface area contributed by atoms with Crippen LogP contribution in [-0.4, -0.2) is 12.6 Å². The lowest BCUT2D eigenvalue weighted by atomic mass is 9.75. The molecule has 1 aliphatic rings. The number of rotatable bonds is 5. The van der Waals surface area contributed by atoms with Gasteiger partial charge in [0.1, 0.15) is 0 Å². The van der Waals surface area contributed by atoms with E-state index in [4.69, 9.17) is 4.74 Å². The van der Waals surface area contributed by atoms with Crippen LogP contribution in [0.3, 0.4) is 0 Å². The van der Waals surface area contributed by atoms with Crippen LogP contribution in [0.5, 0.6) is 0 Å². The maximum Gasteiger partial charge on any atom is 0.313 e. The molecule has 0 saturated heterocycles. The fraction of sp³-hybridized carbons (Fsp3) is 0.667. The van der Waals surface area contributed by atoms with Crippen LogP contribution < -0.4 is 0 Å². The van der Waals surface area contributed by atoms with Crippen LogP contribution in [0.2, 0.25) is 0 Å². The Bertz CT molecular complexity index is 315. The molecular weight excluding hydrogens is 212 g/mol. The van der Waals surface area contributed by atoms with E-state index in [1.807, 2.05) is 13.0 Å². The van der Waals surface area contributed by atoms with Crippen molar-refractivity contribution in [2.45, 2.75) is 46.5 Å². The first kappa shape index (κ1) is 14.0. The Morgan fingerprint density at radius 3 is 2.71 bits per heavy atom. The summed E-state index contributed by atoms with van der Waals surface area (Å²) in [4.78, 5) is 11.9. The third kappa shape index (κ3) is 3.21. The summed E-state index contributed by atoms with van der Waals surface area (Å²) < 4.78 is 5.15. The lowest BCUT2D eigenvalue weighted by Crippen LogP contribution is -2.26. The molecule has 0 aromatic heterocycles. The zero-order valence-corrected chi connectivity index (χ0v) is 11.3. The molecule has 0 radical (unpaired) electrons. The van der Waals surface area contributed by atoms with E-state index in [1.165, 1.54) is 11.1 Å². The number of allylic oxidation sites excluding steroid dienone is 2. The monoisotopic (exact) mass is 236 g/mol. The first-order valence-electron chi connectivity index (χ1n) is 6.62. The second kappa shape index (κ2) is 6.63. The molecule has 0 amide bonds. The average molecular weight is 236 g/mol. The van der Waals surface area contributed by atoms with Gasteiger partial charge < -0.3 is 4.74 Å². The van der Waals surface area contributed by atoms with E-state index in [-0.39, 0.29) is 11.9 Å². The van der Waals surface area contributed by atoms with Crippen LogP contribution >= 0.6 is 0 Å². The normalized spacial score (nSPS) is 24.6. The summed E-state index contributed by atoms with van der Waals surface area (Å²) in [5.41, 5.74) is 2.68. The van der Waals surface area contributed by atoms with Crippen LogP contribution in [0.1, 0.15) is 46.5 Å². The molecule has 0 N–H and O–H groups in total. The van der Waals surface area contributed by atoms with Crippen LogP contribution in [0.4, 0.5) is 0 Å². The highest BCUT2D eigenvalue weighted by Gasteiger charge is 2.30. The van der Waals surface area contributed by atoms with E-state index in [0.717, 1.165) is 25.7 Å². The number of hydrogen-bond donors (Lipinski definition) is 0. The van der Waals surface area contributed by atoms with Gasteiger partial charge in [-0.3, -0.25) is 4.79 Å². The zero-order valence-electron chi connectivity index (χ0n) is 11.3. The molecule has 2 unspecified atom stereocenters. The highest BCUT2D eigenvalue weighted by molar-refractivity contribution is 5.76. The Labute approximate surface area is 105 Å². The third-order valence-corrected chi connectivity index (χ3v) is 3.73. The minimum Gasteiger partial charge on any atom is -0.466 e. The van der Waals surface area contributed by atoms with Crippen LogP contribution in [0.25, 0.3) is 0 Å². The molecule has 1 rings (SSSR count). The number of carbonyl (C=O) groups excluding carboxylic acids is 1. The topological polar surface area (TPSA) is 26.3 Å². The molecule has 2 atom stereocenters. The summed E-state index contributed by atoms with van der Waals surface area (Å²) in [6.45, 7) is 10.4. The highest BCUT2D eigenvalue weighted by atomic mass is 16.5. The van der Waals surface area contributed by atoms with Gasteiger partial charge in [0.25, 0.3) is 0 Å². The largest absolute Gasteiger partial charge is 0.466 e. The second-order valence-electron chi connectivity index (χ2n) is 4.67. The molecule has 0 aliphatic heterocycles. The minimum atomic E-state index is -0.0481. The third-order valence-electron chi connectivity index (χ3n) is 3.73. The Morgan fingerprint density at radius 2 is 2.18 bits per heavy atom. The van der Waals surface area contributed by atoms with Gasteiger partial charge in [-0.2, -0.15) is 0 Å². The molecule has 0 bridgehead atoms. The molecule has 0 spiro atoms. The quantitative estimate of drug-likeness (QED) is 0.535. The van der Waals surface area contributed by atoms with Crippen molar-refractivity contribution in [2.75, 3.05) is 6.61 Å².